The highest BCUT2D eigenvalue weighted by atomic mass is 14.9. The van der Waals surface area contributed by atoms with Crippen molar-refractivity contribution >= 4 is 5.82 Å². The predicted octanol–water partition coefficient (Wildman–Crippen LogP) is 1.60. The Labute approximate surface area is 87.0 Å². The molecule has 0 aliphatic rings. The van der Waals surface area contributed by atoms with E-state index in [0.717, 1.165) is 0 Å². The molecule has 2 aromatic rings. The summed E-state index contributed by atoms with van der Waals surface area (Å²) < 4.78 is 0. The van der Waals surface area contributed by atoms with Crippen molar-refractivity contribution in [2.45, 2.75) is 0 Å². The van der Waals surface area contributed by atoms with Gasteiger partial charge in [-0.3, -0.25) is 4.98 Å². The summed E-state index contributed by atoms with van der Waals surface area (Å²) in [6.45, 7) is 0. The fourth-order valence-electron chi connectivity index (χ4n) is 1.21. The first kappa shape index (κ1) is 9.16. The molecule has 2 aromatic heterocycles. The Kier molecular flexibility index (Phi) is 2.30. The van der Waals surface area contributed by atoms with Gasteiger partial charge < -0.3 is 5.73 Å². The molecule has 0 aromatic carbocycles. The zero-order chi connectivity index (χ0) is 10.7. The summed E-state index contributed by atoms with van der Waals surface area (Å²) in [5, 5.41) is 8.62. The minimum Gasteiger partial charge on any atom is -0.384 e. The molecule has 0 saturated carbocycles. The molecule has 0 aliphatic carbocycles. The lowest BCUT2D eigenvalue weighted by Crippen LogP contribution is -1.93. The smallest absolute Gasteiger partial charge is 0.124 e. The zero-order valence-corrected chi connectivity index (χ0v) is 7.88. The number of pyridine rings is 2. The molecule has 4 heteroatoms. The van der Waals surface area contributed by atoms with Crippen LogP contribution in [0.25, 0.3) is 11.4 Å². The molecular formula is C11H8N4. The van der Waals surface area contributed by atoms with Crippen LogP contribution in [0.15, 0.2) is 36.5 Å². The monoisotopic (exact) mass is 196 g/mol. The van der Waals surface area contributed by atoms with Crippen LogP contribution in [-0.2, 0) is 0 Å². The van der Waals surface area contributed by atoms with Gasteiger partial charge in [-0.15, -0.1) is 0 Å². The Balaban J connectivity index is 2.42. The highest BCUT2D eigenvalue weighted by Gasteiger charge is 2.00. The van der Waals surface area contributed by atoms with Crippen LogP contribution in [-0.4, -0.2) is 9.97 Å². The third-order valence-electron chi connectivity index (χ3n) is 1.93. The van der Waals surface area contributed by atoms with Gasteiger partial charge in [0.15, 0.2) is 0 Å². The first-order valence-corrected chi connectivity index (χ1v) is 4.38. The number of nitrogen functional groups attached to an aromatic ring is 1. The number of anilines is 1. The maximum absolute atomic E-state index is 8.62. The predicted molar refractivity (Wildman–Crippen MR) is 56.6 cm³/mol. The highest BCUT2D eigenvalue weighted by molar-refractivity contribution is 5.56. The van der Waals surface area contributed by atoms with Crippen LogP contribution >= 0.6 is 0 Å². The lowest BCUT2D eigenvalue weighted by molar-refractivity contribution is 1.24. The average molecular weight is 196 g/mol. The summed E-state index contributed by atoms with van der Waals surface area (Å²) in [4.78, 5) is 8.25. The summed E-state index contributed by atoms with van der Waals surface area (Å²) in [5.74, 6) is 0.457. The Morgan fingerprint density at radius 3 is 2.60 bits per heavy atom. The van der Waals surface area contributed by atoms with Crippen molar-refractivity contribution in [1.82, 2.24) is 9.97 Å². The summed E-state index contributed by atoms with van der Waals surface area (Å²) >= 11 is 0. The molecule has 0 fully saturated rings. The summed E-state index contributed by atoms with van der Waals surface area (Å²) in [5.41, 5.74) is 7.51. The Hall–Kier alpha value is -2.41. The molecule has 0 unspecified atom stereocenters. The van der Waals surface area contributed by atoms with Crippen LogP contribution in [0, 0.1) is 11.3 Å². The lowest BCUT2D eigenvalue weighted by Gasteiger charge is -2.00. The van der Waals surface area contributed by atoms with Gasteiger partial charge in [0.1, 0.15) is 11.9 Å². The zero-order valence-electron chi connectivity index (χ0n) is 7.88. The van der Waals surface area contributed by atoms with E-state index in [1.54, 1.807) is 18.2 Å². The van der Waals surface area contributed by atoms with E-state index in [2.05, 4.69) is 9.97 Å². The molecule has 0 aliphatic heterocycles. The van der Waals surface area contributed by atoms with Gasteiger partial charge in [-0.1, -0.05) is 6.07 Å². The number of nitrogens with zero attached hydrogens (tertiary/aromatic N) is 3. The van der Waals surface area contributed by atoms with E-state index in [9.17, 15) is 0 Å². The number of nitriles is 1. The van der Waals surface area contributed by atoms with Crippen LogP contribution < -0.4 is 5.73 Å². The van der Waals surface area contributed by atoms with Crippen molar-refractivity contribution in [3.8, 4) is 17.5 Å². The molecule has 0 radical (unpaired) electrons. The van der Waals surface area contributed by atoms with Gasteiger partial charge in [0.2, 0.25) is 0 Å². The third kappa shape index (κ3) is 1.92. The molecule has 72 valence electrons. The Morgan fingerprint density at radius 2 is 2.00 bits per heavy atom. The second-order valence-corrected chi connectivity index (χ2v) is 2.99. The van der Waals surface area contributed by atoms with Gasteiger partial charge >= 0.3 is 0 Å². The molecule has 4 nitrogen and oxygen atoms in total. The maximum atomic E-state index is 8.62. The van der Waals surface area contributed by atoms with E-state index in [1.807, 2.05) is 18.2 Å². The minimum absolute atomic E-state index is 0.457. The van der Waals surface area contributed by atoms with Gasteiger partial charge in [-0.25, -0.2) is 4.98 Å². The van der Waals surface area contributed by atoms with Crippen LogP contribution in [0.4, 0.5) is 5.82 Å². The summed E-state index contributed by atoms with van der Waals surface area (Å²) in [7, 11) is 0. The van der Waals surface area contributed by atoms with Crippen molar-refractivity contribution in [2.75, 3.05) is 5.73 Å². The first-order valence-electron chi connectivity index (χ1n) is 4.38. The lowest BCUT2D eigenvalue weighted by atomic mass is 10.2. The van der Waals surface area contributed by atoms with Crippen molar-refractivity contribution < 1.29 is 0 Å². The average Bonchev–Trinajstić information content (AvgIpc) is 2.29. The van der Waals surface area contributed by atoms with Gasteiger partial charge in [-0.2, -0.15) is 5.26 Å². The SMILES string of the molecule is N#Cc1ccc(-c2cccc(N)n2)nc1. The summed E-state index contributed by atoms with van der Waals surface area (Å²) in [6.07, 6.45) is 1.51. The van der Waals surface area contributed by atoms with E-state index < -0.39 is 0 Å². The number of hydrogen-bond acceptors (Lipinski definition) is 4. The van der Waals surface area contributed by atoms with Crippen LogP contribution in [0.2, 0.25) is 0 Å². The van der Waals surface area contributed by atoms with E-state index >= 15 is 0 Å². The molecular weight excluding hydrogens is 188 g/mol. The topological polar surface area (TPSA) is 75.6 Å². The van der Waals surface area contributed by atoms with Gasteiger partial charge in [0.05, 0.1) is 17.0 Å². The normalized spacial score (nSPS) is 9.53. The molecule has 0 saturated heterocycles. The second kappa shape index (κ2) is 3.76. The van der Waals surface area contributed by atoms with E-state index in [1.165, 1.54) is 6.20 Å². The molecule has 0 bridgehead atoms. The number of rotatable bonds is 1. The minimum atomic E-state index is 0.457. The molecule has 15 heavy (non-hydrogen) atoms. The molecule has 2 rings (SSSR count). The van der Waals surface area contributed by atoms with Crippen LogP contribution in [0.3, 0.4) is 0 Å². The Morgan fingerprint density at radius 1 is 1.13 bits per heavy atom. The molecule has 0 spiro atoms. The second-order valence-electron chi connectivity index (χ2n) is 2.99. The largest absolute Gasteiger partial charge is 0.384 e. The molecule has 0 atom stereocenters. The number of aromatic nitrogens is 2. The van der Waals surface area contributed by atoms with Gasteiger partial charge in [-0.05, 0) is 24.3 Å². The van der Waals surface area contributed by atoms with E-state index in [-0.39, 0.29) is 0 Å². The summed E-state index contributed by atoms with van der Waals surface area (Å²) in [6, 6.07) is 10.8. The van der Waals surface area contributed by atoms with Crippen molar-refractivity contribution in [2.24, 2.45) is 0 Å². The molecule has 0 amide bonds. The third-order valence-corrected chi connectivity index (χ3v) is 1.93. The first-order chi connectivity index (χ1) is 7.29. The van der Waals surface area contributed by atoms with Crippen molar-refractivity contribution in [1.29, 1.82) is 5.26 Å². The fourth-order valence-corrected chi connectivity index (χ4v) is 1.21. The van der Waals surface area contributed by atoms with Crippen LogP contribution in [0.5, 0.6) is 0 Å². The van der Waals surface area contributed by atoms with Gasteiger partial charge in [0, 0.05) is 6.20 Å². The highest BCUT2D eigenvalue weighted by Crippen LogP contribution is 2.15. The quantitative estimate of drug-likeness (QED) is 0.751. The molecule has 2 N–H and O–H groups in total. The van der Waals surface area contributed by atoms with E-state index in [0.29, 0.717) is 22.8 Å². The van der Waals surface area contributed by atoms with Crippen molar-refractivity contribution in [3.63, 3.8) is 0 Å². The van der Waals surface area contributed by atoms with Gasteiger partial charge in [0.25, 0.3) is 0 Å². The van der Waals surface area contributed by atoms with Crippen molar-refractivity contribution in [3.05, 3.63) is 42.1 Å². The Bertz CT molecular complexity index is 511. The standard InChI is InChI=1S/C11H8N4/c12-6-8-4-5-9(14-7-8)10-2-1-3-11(13)15-10/h1-5,7H,(H2,13,15). The maximum Gasteiger partial charge on any atom is 0.124 e. The van der Waals surface area contributed by atoms with E-state index in [4.69, 9.17) is 11.0 Å². The molecule has 2 heterocycles. The fraction of sp³-hybridized carbons (Fsp3) is 0. The number of hydrogen-bond donors (Lipinski definition) is 1. The van der Waals surface area contributed by atoms with Crippen LogP contribution in [0.1, 0.15) is 5.56 Å². The number of nitrogens with two attached hydrogens (primary N) is 1.